The highest BCUT2D eigenvalue weighted by Gasteiger charge is 2.30. The van der Waals surface area contributed by atoms with Crippen LogP contribution in [0.15, 0.2) is 35.5 Å². The summed E-state index contributed by atoms with van der Waals surface area (Å²) in [5.74, 6) is 0.826. The van der Waals surface area contributed by atoms with E-state index >= 15 is 0 Å². The fraction of sp³-hybridized carbons (Fsp3) is 0.474. The van der Waals surface area contributed by atoms with Crippen LogP contribution in [-0.2, 0) is 19.3 Å². The van der Waals surface area contributed by atoms with Crippen molar-refractivity contribution in [1.82, 2.24) is 20.1 Å². The lowest BCUT2D eigenvalue weighted by molar-refractivity contribution is -0.137. The molecule has 0 radical (unpaired) electrons. The van der Waals surface area contributed by atoms with Crippen LogP contribution in [0.4, 0.5) is 13.2 Å². The van der Waals surface area contributed by atoms with Gasteiger partial charge in [0.25, 0.3) is 0 Å². The van der Waals surface area contributed by atoms with Gasteiger partial charge in [-0.15, -0.1) is 11.3 Å². The maximum atomic E-state index is 12.9. The first-order valence-electron chi connectivity index (χ1n) is 9.10. The van der Waals surface area contributed by atoms with Crippen LogP contribution < -0.4 is 5.32 Å². The molecule has 9 heteroatoms. The quantitative estimate of drug-likeness (QED) is 0.619. The molecule has 28 heavy (non-hydrogen) atoms. The summed E-state index contributed by atoms with van der Waals surface area (Å²) in [7, 11) is 1.75. The summed E-state index contributed by atoms with van der Waals surface area (Å²) in [6.07, 6.45) is -2.44. The van der Waals surface area contributed by atoms with Crippen LogP contribution in [0.5, 0.6) is 0 Å². The van der Waals surface area contributed by atoms with Crippen molar-refractivity contribution < 1.29 is 13.2 Å². The number of nitrogens with zero attached hydrogens (tertiary/aromatic N) is 4. The largest absolute Gasteiger partial charge is 0.416 e. The van der Waals surface area contributed by atoms with E-state index in [0.29, 0.717) is 18.7 Å². The molecule has 0 aliphatic carbocycles. The van der Waals surface area contributed by atoms with Crippen molar-refractivity contribution in [3.05, 3.63) is 51.5 Å². The highest BCUT2D eigenvalue weighted by atomic mass is 32.1. The number of thiazole rings is 1. The predicted octanol–water partition coefficient (Wildman–Crippen LogP) is 3.36. The Morgan fingerprint density at radius 1 is 1.25 bits per heavy atom. The number of aromatic nitrogens is 1. The van der Waals surface area contributed by atoms with Crippen molar-refractivity contribution >= 4 is 17.3 Å². The Labute approximate surface area is 166 Å². The van der Waals surface area contributed by atoms with Crippen LogP contribution in [0.1, 0.15) is 21.0 Å². The minimum absolute atomic E-state index is 0.516. The number of rotatable bonds is 4. The first-order valence-corrected chi connectivity index (χ1v) is 9.92. The number of benzene rings is 1. The van der Waals surface area contributed by atoms with Gasteiger partial charge in [0.1, 0.15) is 5.01 Å². The molecule has 2 heterocycles. The van der Waals surface area contributed by atoms with E-state index in [1.165, 1.54) is 17.0 Å². The maximum absolute atomic E-state index is 12.9. The second-order valence-corrected chi connectivity index (χ2v) is 8.05. The summed E-state index contributed by atoms with van der Waals surface area (Å²) >= 11 is 1.66. The molecule has 1 aliphatic heterocycles. The number of alkyl halides is 3. The highest BCUT2D eigenvalue weighted by Crippen LogP contribution is 2.29. The zero-order valence-electron chi connectivity index (χ0n) is 16.0. The number of piperazine rings is 1. The van der Waals surface area contributed by atoms with Gasteiger partial charge in [-0.25, -0.2) is 4.98 Å². The fourth-order valence-corrected chi connectivity index (χ4v) is 3.92. The Balaban J connectivity index is 1.51. The van der Waals surface area contributed by atoms with Gasteiger partial charge in [0.15, 0.2) is 5.96 Å². The molecule has 1 aromatic carbocycles. The predicted molar refractivity (Wildman–Crippen MR) is 105 cm³/mol. The molecule has 1 saturated heterocycles. The van der Waals surface area contributed by atoms with Gasteiger partial charge in [0.2, 0.25) is 0 Å². The Morgan fingerprint density at radius 3 is 2.61 bits per heavy atom. The minimum Gasteiger partial charge on any atom is -0.350 e. The summed E-state index contributed by atoms with van der Waals surface area (Å²) in [5.41, 5.74) is 0.0931. The summed E-state index contributed by atoms with van der Waals surface area (Å²) < 4.78 is 38.6. The lowest BCUT2D eigenvalue weighted by atomic mass is 10.1. The van der Waals surface area contributed by atoms with Gasteiger partial charge >= 0.3 is 6.18 Å². The molecule has 152 valence electrons. The molecule has 0 spiro atoms. The van der Waals surface area contributed by atoms with E-state index in [-0.39, 0.29) is 0 Å². The van der Waals surface area contributed by atoms with Gasteiger partial charge in [0.05, 0.1) is 12.1 Å². The summed E-state index contributed by atoms with van der Waals surface area (Å²) in [5, 5.41) is 4.35. The van der Waals surface area contributed by atoms with Crippen molar-refractivity contribution in [1.29, 1.82) is 0 Å². The summed E-state index contributed by atoms with van der Waals surface area (Å²) in [6, 6.07) is 5.57. The molecule has 1 aromatic heterocycles. The highest BCUT2D eigenvalue weighted by molar-refractivity contribution is 7.11. The Kier molecular flexibility index (Phi) is 6.56. The second-order valence-electron chi connectivity index (χ2n) is 6.73. The Morgan fingerprint density at radius 2 is 2.00 bits per heavy atom. The maximum Gasteiger partial charge on any atom is 0.416 e. The number of hydrogen-bond donors (Lipinski definition) is 1. The van der Waals surface area contributed by atoms with Crippen molar-refractivity contribution in [3.63, 3.8) is 0 Å². The van der Waals surface area contributed by atoms with E-state index in [9.17, 15) is 13.2 Å². The lowest BCUT2D eigenvalue weighted by Crippen LogP contribution is -2.52. The average Bonchev–Trinajstić information content (AvgIpc) is 3.08. The van der Waals surface area contributed by atoms with Crippen LogP contribution in [0.3, 0.4) is 0 Å². The van der Waals surface area contributed by atoms with E-state index in [2.05, 4.69) is 25.1 Å². The van der Waals surface area contributed by atoms with Gasteiger partial charge in [-0.05, 0) is 18.6 Å². The molecular weight excluding hydrogens is 387 g/mol. The SMILES string of the molecule is CN=C(NCc1ncc(C)s1)N1CCN(Cc2cccc(C(F)(F)F)c2)CC1. The van der Waals surface area contributed by atoms with Gasteiger partial charge < -0.3 is 10.2 Å². The van der Waals surface area contributed by atoms with Crippen LogP contribution in [0.25, 0.3) is 0 Å². The monoisotopic (exact) mass is 411 g/mol. The smallest absolute Gasteiger partial charge is 0.350 e. The second kappa shape index (κ2) is 8.91. The van der Waals surface area contributed by atoms with Gasteiger partial charge in [0, 0.05) is 50.8 Å². The average molecular weight is 411 g/mol. The Bertz CT molecular complexity index is 810. The molecule has 0 amide bonds. The molecule has 5 nitrogen and oxygen atoms in total. The van der Waals surface area contributed by atoms with Crippen LogP contribution in [0, 0.1) is 6.92 Å². The molecule has 3 rings (SSSR count). The molecule has 1 aliphatic rings. The van der Waals surface area contributed by atoms with E-state index in [1.54, 1.807) is 24.5 Å². The number of halogens is 3. The molecule has 1 fully saturated rings. The van der Waals surface area contributed by atoms with E-state index in [0.717, 1.165) is 43.2 Å². The number of nitrogens with one attached hydrogen (secondary N) is 1. The standard InChI is InChI=1S/C19H24F3N5S/c1-14-11-24-17(28-14)12-25-18(23-2)27-8-6-26(7-9-27)13-15-4-3-5-16(10-15)19(20,21)22/h3-5,10-11H,6-9,12-13H2,1-2H3,(H,23,25). The fourth-order valence-electron chi connectivity index (χ4n) is 3.19. The molecule has 2 aromatic rings. The zero-order valence-corrected chi connectivity index (χ0v) is 16.8. The number of guanidine groups is 1. The summed E-state index contributed by atoms with van der Waals surface area (Å²) in [4.78, 5) is 14.2. The number of hydrogen-bond acceptors (Lipinski definition) is 4. The molecule has 0 atom stereocenters. The Hall–Kier alpha value is -2.13. The normalized spacial score (nSPS) is 16.5. The topological polar surface area (TPSA) is 43.8 Å². The number of aryl methyl sites for hydroxylation is 1. The zero-order chi connectivity index (χ0) is 20.1. The van der Waals surface area contributed by atoms with Crippen molar-refractivity contribution in [2.75, 3.05) is 33.2 Å². The summed E-state index contributed by atoms with van der Waals surface area (Å²) in [6.45, 7) is 6.27. The van der Waals surface area contributed by atoms with E-state index in [4.69, 9.17) is 0 Å². The van der Waals surface area contributed by atoms with Crippen LogP contribution in [-0.4, -0.2) is 54.0 Å². The molecule has 1 N–H and O–H groups in total. The van der Waals surface area contributed by atoms with Crippen LogP contribution in [0.2, 0.25) is 0 Å². The molecular formula is C19H24F3N5S. The third-order valence-corrected chi connectivity index (χ3v) is 5.52. The van der Waals surface area contributed by atoms with E-state index in [1.807, 2.05) is 13.1 Å². The van der Waals surface area contributed by atoms with Gasteiger partial charge in [-0.1, -0.05) is 18.2 Å². The molecule has 0 saturated carbocycles. The van der Waals surface area contributed by atoms with Gasteiger partial charge in [-0.2, -0.15) is 13.2 Å². The minimum atomic E-state index is -4.30. The van der Waals surface area contributed by atoms with Crippen molar-refractivity contribution in [3.8, 4) is 0 Å². The molecule has 0 bridgehead atoms. The molecule has 0 unspecified atom stereocenters. The third-order valence-electron chi connectivity index (χ3n) is 4.61. The van der Waals surface area contributed by atoms with Crippen molar-refractivity contribution in [2.24, 2.45) is 4.99 Å². The van der Waals surface area contributed by atoms with E-state index < -0.39 is 11.7 Å². The van der Waals surface area contributed by atoms with Crippen molar-refractivity contribution in [2.45, 2.75) is 26.2 Å². The van der Waals surface area contributed by atoms with Crippen LogP contribution >= 0.6 is 11.3 Å². The number of aliphatic imine (C=N–C) groups is 1. The van der Waals surface area contributed by atoms with Gasteiger partial charge in [-0.3, -0.25) is 9.89 Å². The lowest BCUT2D eigenvalue weighted by Gasteiger charge is -2.36. The first kappa shape index (κ1) is 20.6. The first-order chi connectivity index (χ1) is 13.3. The third kappa shape index (κ3) is 5.45.